The minimum absolute atomic E-state index is 0.123. The molecule has 0 aliphatic carbocycles. The second-order valence-electron chi connectivity index (χ2n) is 6.75. The van der Waals surface area contributed by atoms with Gasteiger partial charge in [-0.3, -0.25) is 9.59 Å². The van der Waals surface area contributed by atoms with Gasteiger partial charge in [-0.15, -0.1) is 9.89 Å². The molecule has 8 heteroatoms. The van der Waals surface area contributed by atoms with E-state index in [0.29, 0.717) is 37.5 Å². The number of amides is 1. The van der Waals surface area contributed by atoms with Crippen LogP contribution < -0.4 is 20.6 Å². The van der Waals surface area contributed by atoms with Crippen molar-refractivity contribution in [1.29, 1.82) is 0 Å². The number of fused-ring (bicyclic) bond motifs is 1. The first-order chi connectivity index (χ1) is 14.2. The predicted octanol–water partition coefficient (Wildman–Crippen LogP) is 1.55. The summed E-state index contributed by atoms with van der Waals surface area (Å²) in [5.41, 5.74) is 3.07. The first-order valence-electron chi connectivity index (χ1n) is 9.43. The molecule has 2 heterocycles. The van der Waals surface area contributed by atoms with Crippen LogP contribution in [0.25, 0.3) is 10.8 Å². The number of nitrogens with zero attached hydrogens (tertiary/aromatic N) is 3. The molecular formula is C21H22N4O4. The van der Waals surface area contributed by atoms with E-state index in [1.54, 1.807) is 31.4 Å². The van der Waals surface area contributed by atoms with Gasteiger partial charge in [0.15, 0.2) is 5.82 Å². The second-order valence-corrected chi connectivity index (χ2v) is 6.75. The van der Waals surface area contributed by atoms with Gasteiger partial charge < -0.3 is 14.4 Å². The van der Waals surface area contributed by atoms with Gasteiger partial charge >= 0.3 is 0 Å². The van der Waals surface area contributed by atoms with Crippen LogP contribution in [0.4, 0.5) is 5.82 Å². The number of carbonyl (C=O) groups is 1. The van der Waals surface area contributed by atoms with Crippen LogP contribution in [0, 0.1) is 0 Å². The summed E-state index contributed by atoms with van der Waals surface area (Å²) in [6.07, 6.45) is 0.123. The van der Waals surface area contributed by atoms with Gasteiger partial charge in [0, 0.05) is 18.5 Å². The molecule has 3 aromatic rings. The number of hydrogen-bond donors (Lipinski definition) is 1. The van der Waals surface area contributed by atoms with E-state index in [4.69, 9.17) is 9.47 Å². The maximum atomic E-state index is 12.9. The van der Waals surface area contributed by atoms with Gasteiger partial charge in [0.1, 0.15) is 5.75 Å². The summed E-state index contributed by atoms with van der Waals surface area (Å²) in [6.45, 7) is 2.54. The topological polar surface area (TPSA) is 85.7 Å². The summed E-state index contributed by atoms with van der Waals surface area (Å²) in [5, 5.41) is 5.73. The zero-order chi connectivity index (χ0) is 20.2. The number of methoxy groups -OCH3 is 1. The third kappa shape index (κ3) is 4.07. The highest BCUT2D eigenvalue weighted by molar-refractivity contribution is 5.92. The molecule has 1 aromatic heterocycles. The highest BCUT2D eigenvalue weighted by Crippen LogP contribution is 2.22. The lowest BCUT2D eigenvalue weighted by Gasteiger charge is -2.29. The Labute approximate surface area is 167 Å². The molecule has 4 rings (SSSR count). The smallest absolute Gasteiger partial charge is 0.294 e. The molecule has 1 N–H and O–H groups in total. The summed E-state index contributed by atoms with van der Waals surface area (Å²) >= 11 is 0. The van der Waals surface area contributed by atoms with Gasteiger partial charge in [0.25, 0.3) is 5.56 Å². The number of morpholine rings is 1. The van der Waals surface area contributed by atoms with Crippen molar-refractivity contribution in [2.24, 2.45) is 0 Å². The fourth-order valence-corrected chi connectivity index (χ4v) is 3.34. The maximum absolute atomic E-state index is 12.9. The molecule has 0 spiro atoms. The highest BCUT2D eigenvalue weighted by atomic mass is 16.5. The Balaban J connectivity index is 1.63. The van der Waals surface area contributed by atoms with E-state index < -0.39 is 0 Å². The predicted molar refractivity (Wildman–Crippen MR) is 110 cm³/mol. The van der Waals surface area contributed by atoms with Crippen LogP contribution >= 0.6 is 0 Å². The Morgan fingerprint density at radius 3 is 2.48 bits per heavy atom. The van der Waals surface area contributed by atoms with Crippen LogP contribution in [0.1, 0.15) is 5.56 Å². The molecule has 29 heavy (non-hydrogen) atoms. The summed E-state index contributed by atoms with van der Waals surface area (Å²) in [4.78, 5) is 28.5. The standard InChI is InChI=1S/C21H22N4O4/c1-28-16-8-6-15(7-9-16)14-19(26)22-25-21(27)18-5-3-2-4-17(18)20(23-25)24-10-12-29-13-11-24/h2-9H,10-14H2,1H3,(H,22,26). The quantitative estimate of drug-likeness (QED) is 0.707. The van der Waals surface area contributed by atoms with E-state index in [2.05, 4.69) is 15.4 Å². The Bertz CT molecular complexity index is 1070. The Morgan fingerprint density at radius 2 is 1.79 bits per heavy atom. The van der Waals surface area contributed by atoms with Crippen molar-refractivity contribution in [3.05, 3.63) is 64.4 Å². The number of aromatic nitrogens is 2. The molecule has 0 saturated carbocycles. The maximum Gasteiger partial charge on any atom is 0.294 e. The van der Waals surface area contributed by atoms with Crippen LogP contribution in [-0.2, 0) is 16.0 Å². The molecule has 2 aromatic carbocycles. The van der Waals surface area contributed by atoms with Gasteiger partial charge in [-0.25, -0.2) is 5.43 Å². The highest BCUT2D eigenvalue weighted by Gasteiger charge is 2.19. The van der Waals surface area contributed by atoms with E-state index in [-0.39, 0.29) is 17.9 Å². The molecule has 1 amide bonds. The minimum Gasteiger partial charge on any atom is -0.497 e. The lowest BCUT2D eigenvalue weighted by molar-refractivity contribution is -0.116. The first kappa shape index (κ1) is 18.9. The van der Waals surface area contributed by atoms with Crippen molar-refractivity contribution >= 4 is 22.5 Å². The second kappa shape index (κ2) is 8.32. The summed E-state index contributed by atoms with van der Waals surface area (Å²) in [5.74, 6) is 1.05. The number of rotatable bonds is 5. The molecule has 1 saturated heterocycles. The molecule has 0 radical (unpaired) electrons. The monoisotopic (exact) mass is 394 g/mol. The number of nitrogens with one attached hydrogen (secondary N) is 1. The van der Waals surface area contributed by atoms with E-state index in [9.17, 15) is 9.59 Å². The van der Waals surface area contributed by atoms with Gasteiger partial charge in [0.2, 0.25) is 5.91 Å². The number of anilines is 1. The molecule has 8 nitrogen and oxygen atoms in total. The van der Waals surface area contributed by atoms with Gasteiger partial charge in [-0.2, -0.15) is 0 Å². The van der Waals surface area contributed by atoms with E-state index in [0.717, 1.165) is 21.5 Å². The largest absolute Gasteiger partial charge is 0.497 e. The van der Waals surface area contributed by atoms with Crippen molar-refractivity contribution in [2.45, 2.75) is 6.42 Å². The molecule has 1 fully saturated rings. The van der Waals surface area contributed by atoms with E-state index in [1.165, 1.54) is 0 Å². The number of carbonyl (C=O) groups excluding carboxylic acids is 1. The Hall–Kier alpha value is -3.39. The molecule has 0 atom stereocenters. The molecule has 1 aliphatic heterocycles. The molecule has 150 valence electrons. The Kier molecular flexibility index (Phi) is 5.44. The van der Waals surface area contributed by atoms with Crippen LogP contribution in [-0.4, -0.2) is 49.2 Å². The van der Waals surface area contributed by atoms with Gasteiger partial charge in [-0.1, -0.05) is 30.3 Å². The fraction of sp³-hybridized carbons (Fsp3) is 0.286. The fourth-order valence-electron chi connectivity index (χ4n) is 3.34. The number of benzene rings is 2. The van der Waals surface area contributed by atoms with Crippen LogP contribution in [0.15, 0.2) is 53.3 Å². The van der Waals surface area contributed by atoms with Crippen LogP contribution in [0.2, 0.25) is 0 Å². The lowest BCUT2D eigenvalue weighted by Crippen LogP contribution is -2.41. The van der Waals surface area contributed by atoms with Crippen molar-refractivity contribution in [3.8, 4) is 5.75 Å². The van der Waals surface area contributed by atoms with Crippen molar-refractivity contribution in [2.75, 3.05) is 43.7 Å². The third-order valence-electron chi connectivity index (χ3n) is 4.85. The summed E-state index contributed by atoms with van der Waals surface area (Å²) in [7, 11) is 1.59. The molecule has 0 bridgehead atoms. The third-order valence-corrected chi connectivity index (χ3v) is 4.85. The lowest BCUT2D eigenvalue weighted by atomic mass is 10.1. The number of hydrogen-bond acceptors (Lipinski definition) is 6. The average molecular weight is 394 g/mol. The summed E-state index contributed by atoms with van der Waals surface area (Å²) in [6, 6.07) is 14.5. The van der Waals surface area contributed by atoms with Crippen molar-refractivity contribution in [1.82, 2.24) is 9.89 Å². The molecule has 0 unspecified atom stereocenters. The van der Waals surface area contributed by atoms with Crippen LogP contribution in [0.5, 0.6) is 5.75 Å². The average Bonchev–Trinajstić information content (AvgIpc) is 2.77. The van der Waals surface area contributed by atoms with Crippen molar-refractivity contribution < 1.29 is 14.3 Å². The SMILES string of the molecule is COc1ccc(CC(=O)Nn2nc(N3CCOCC3)c3ccccc3c2=O)cc1. The molecule has 1 aliphatic rings. The molecular weight excluding hydrogens is 372 g/mol. The zero-order valence-corrected chi connectivity index (χ0v) is 16.1. The first-order valence-corrected chi connectivity index (χ1v) is 9.43. The number of ether oxygens (including phenoxy) is 2. The summed E-state index contributed by atoms with van der Waals surface area (Å²) < 4.78 is 10.5. The Morgan fingerprint density at radius 1 is 1.10 bits per heavy atom. The normalized spacial score (nSPS) is 14.0. The van der Waals surface area contributed by atoms with Gasteiger partial charge in [-0.05, 0) is 23.8 Å². The zero-order valence-electron chi connectivity index (χ0n) is 16.1. The van der Waals surface area contributed by atoms with E-state index in [1.807, 2.05) is 24.3 Å². The van der Waals surface area contributed by atoms with Gasteiger partial charge in [0.05, 0.1) is 32.1 Å². The van der Waals surface area contributed by atoms with Crippen LogP contribution in [0.3, 0.4) is 0 Å². The minimum atomic E-state index is -0.360. The van der Waals surface area contributed by atoms with Crippen molar-refractivity contribution in [3.63, 3.8) is 0 Å². The van der Waals surface area contributed by atoms with E-state index >= 15 is 0 Å².